The number of hydrogen-bond donors (Lipinski definition) is 1. The largest absolute Gasteiger partial charge is 0.350 e. The molecule has 0 radical (unpaired) electrons. The zero-order valence-electron chi connectivity index (χ0n) is 15.3. The molecule has 1 aliphatic carbocycles. The number of carbonyl (C=O) groups is 2. The lowest BCUT2D eigenvalue weighted by molar-refractivity contribution is -0.160. The minimum atomic E-state index is -0.555. The molecule has 4 rings (SSSR count). The van der Waals surface area contributed by atoms with Gasteiger partial charge in [-0.15, -0.1) is 0 Å². The van der Waals surface area contributed by atoms with Crippen molar-refractivity contribution < 1.29 is 9.59 Å². The van der Waals surface area contributed by atoms with Crippen LogP contribution in [0.15, 0.2) is 66.7 Å². The summed E-state index contributed by atoms with van der Waals surface area (Å²) in [5, 5.41) is 3.00. The van der Waals surface area contributed by atoms with Crippen molar-refractivity contribution in [2.75, 3.05) is 0 Å². The first-order valence-corrected chi connectivity index (χ1v) is 9.61. The van der Waals surface area contributed by atoms with E-state index in [0.717, 1.165) is 30.4 Å². The van der Waals surface area contributed by atoms with E-state index >= 15 is 0 Å². The van der Waals surface area contributed by atoms with Crippen molar-refractivity contribution in [3.63, 3.8) is 0 Å². The molecule has 2 amide bonds. The van der Waals surface area contributed by atoms with Gasteiger partial charge in [-0.3, -0.25) is 9.59 Å². The van der Waals surface area contributed by atoms with E-state index in [1.165, 1.54) is 0 Å². The number of nitrogens with one attached hydrogen (secondary N) is 1. The van der Waals surface area contributed by atoms with Gasteiger partial charge in [-0.25, -0.2) is 0 Å². The van der Waals surface area contributed by atoms with Crippen LogP contribution >= 0.6 is 0 Å². The molecule has 0 aromatic heterocycles. The van der Waals surface area contributed by atoms with E-state index in [2.05, 4.69) is 5.32 Å². The molecule has 1 saturated carbocycles. The van der Waals surface area contributed by atoms with E-state index in [0.29, 0.717) is 6.54 Å². The van der Waals surface area contributed by atoms with Gasteiger partial charge in [0.25, 0.3) is 0 Å². The summed E-state index contributed by atoms with van der Waals surface area (Å²) in [5.41, 5.74) is 2.07. The van der Waals surface area contributed by atoms with Crippen molar-refractivity contribution >= 4 is 17.9 Å². The summed E-state index contributed by atoms with van der Waals surface area (Å²) in [6, 6.07) is 19.4. The second kappa shape index (κ2) is 7.78. The van der Waals surface area contributed by atoms with E-state index in [9.17, 15) is 9.59 Å². The molecule has 1 aliphatic heterocycles. The van der Waals surface area contributed by atoms with E-state index < -0.39 is 6.04 Å². The summed E-state index contributed by atoms with van der Waals surface area (Å²) in [7, 11) is 0. The van der Waals surface area contributed by atoms with Gasteiger partial charge in [0, 0.05) is 12.6 Å². The van der Waals surface area contributed by atoms with Crippen LogP contribution in [0.2, 0.25) is 0 Å². The van der Waals surface area contributed by atoms with Crippen molar-refractivity contribution in [2.45, 2.75) is 37.9 Å². The topological polar surface area (TPSA) is 49.4 Å². The lowest BCUT2D eigenvalue weighted by Gasteiger charge is -2.46. The number of nitrogens with zero attached hydrogens (tertiary/aromatic N) is 1. The second-order valence-corrected chi connectivity index (χ2v) is 7.27. The molecule has 1 unspecified atom stereocenters. The van der Waals surface area contributed by atoms with Gasteiger partial charge in [-0.2, -0.15) is 0 Å². The molecule has 1 heterocycles. The fourth-order valence-electron chi connectivity index (χ4n) is 4.14. The molecular formula is C23H24N2O2. The predicted molar refractivity (Wildman–Crippen MR) is 106 cm³/mol. The fraction of sp³-hybridized carbons (Fsp3) is 0.304. The molecule has 2 aromatic rings. The van der Waals surface area contributed by atoms with Crippen LogP contribution in [0.5, 0.6) is 0 Å². The minimum absolute atomic E-state index is 0.120. The molecule has 4 nitrogen and oxygen atoms in total. The Kier molecular flexibility index (Phi) is 5.05. The number of benzene rings is 2. The van der Waals surface area contributed by atoms with Gasteiger partial charge in [0.2, 0.25) is 11.8 Å². The summed E-state index contributed by atoms with van der Waals surface area (Å²) in [5.74, 6) is 0.124. The lowest BCUT2D eigenvalue weighted by atomic mass is 9.88. The highest BCUT2D eigenvalue weighted by molar-refractivity contribution is 5.94. The summed E-state index contributed by atoms with van der Waals surface area (Å²) in [4.78, 5) is 27.3. The van der Waals surface area contributed by atoms with Crippen LogP contribution in [0.25, 0.3) is 6.08 Å². The van der Waals surface area contributed by atoms with E-state index in [4.69, 9.17) is 0 Å². The SMILES string of the molecule is O=C(NCc1ccccc1)C(/C=C/c1ccccc1)N1C(=O)[C@@H]2CCC[C@@H]21. The number of rotatable bonds is 6. The van der Waals surface area contributed by atoms with Crippen LogP contribution in [-0.2, 0) is 16.1 Å². The molecule has 27 heavy (non-hydrogen) atoms. The Morgan fingerprint density at radius 1 is 1.07 bits per heavy atom. The first-order chi connectivity index (χ1) is 13.2. The van der Waals surface area contributed by atoms with Crippen molar-refractivity contribution in [1.29, 1.82) is 0 Å². The van der Waals surface area contributed by atoms with Crippen molar-refractivity contribution in [2.24, 2.45) is 5.92 Å². The summed E-state index contributed by atoms with van der Waals surface area (Å²) >= 11 is 0. The molecule has 0 bridgehead atoms. The van der Waals surface area contributed by atoms with E-state index in [-0.39, 0.29) is 23.8 Å². The van der Waals surface area contributed by atoms with Gasteiger partial charge in [0.1, 0.15) is 6.04 Å². The smallest absolute Gasteiger partial charge is 0.247 e. The third kappa shape index (κ3) is 3.65. The van der Waals surface area contributed by atoms with Gasteiger partial charge in [0.05, 0.1) is 5.92 Å². The Morgan fingerprint density at radius 2 is 1.78 bits per heavy atom. The molecule has 0 spiro atoms. The predicted octanol–water partition coefficient (Wildman–Crippen LogP) is 3.40. The fourth-order valence-corrected chi connectivity index (χ4v) is 4.14. The first kappa shape index (κ1) is 17.5. The van der Waals surface area contributed by atoms with Crippen LogP contribution in [0.3, 0.4) is 0 Å². The Bertz CT molecular complexity index is 832. The number of likely N-dealkylation sites (tertiary alicyclic amines) is 1. The Morgan fingerprint density at radius 3 is 2.52 bits per heavy atom. The van der Waals surface area contributed by atoms with Crippen LogP contribution in [0.4, 0.5) is 0 Å². The zero-order chi connectivity index (χ0) is 18.6. The number of hydrogen-bond acceptors (Lipinski definition) is 2. The molecule has 4 heteroatoms. The first-order valence-electron chi connectivity index (χ1n) is 9.61. The van der Waals surface area contributed by atoms with Gasteiger partial charge < -0.3 is 10.2 Å². The monoisotopic (exact) mass is 360 g/mol. The van der Waals surface area contributed by atoms with Crippen molar-refractivity contribution in [3.05, 3.63) is 77.9 Å². The van der Waals surface area contributed by atoms with E-state index in [1.54, 1.807) is 4.90 Å². The lowest BCUT2D eigenvalue weighted by Crippen LogP contribution is -2.64. The van der Waals surface area contributed by atoms with E-state index in [1.807, 2.05) is 72.8 Å². The molecule has 3 atom stereocenters. The van der Waals surface area contributed by atoms with Crippen molar-refractivity contribution in [3.8, 4) is 0 Å². The quantitative estimate of drug-likeness (QED) is 0.803. The Hall–Kier alpha value is -2.88. The highest BCUT2D eigenvalue weighted by atomic mass is 16.2. The highest BCUT2D eigenvalue weighted by Gasteiger charge is 2.53. The number of amides is 2. The van der Waals surface area contributed by atoms with Gasteiger partial charge in [-0.05, 0) is 24.0 Å². The van der Waals surface area contributed by atoms with Crippen LogP contribution in [-0.4, -0.2) is 28.8 Å². The molecule has 2 aromatic carbocycles. The van der Waals surface area contributed by atoms with Gasteiger partial charge in [0.15, 0.2) is 0 Å². The third-order valence-electron chi connectivity index (χ3n) is 5.56. The van der Waals surface area contributed by atoms with Crippen molar-refractivity contribution in [1.82, 2.24) is 10.2 Å². The summed E-state index contributed by atoms with van der Waals surface area (Å²) in [6.07, 6.45) is 6.82. The number of carbonyl (C=O) groups excluding carboxylic acids is 2. The molecule has 2 aliphatic rings. The molecular weight excluding hydrogens is 336 g/mol. The number of β-lactam (4-membered cyclic amide) rings is 1. The number of fused-ring (bicyclic) bond motifs is 1. The zero-order valence-corrected chi connectivity index (χ0v) is 15.3. The van der Waals surface area contributed by atoms with Gasteiger partial charge in [-0.1, -0.05) is 79.2 Å². The summed E-state index contributed by atoms with van der Waals surface area (Å²) in [6.45, 7) is 0.464. The maximum absolute atomic E-state index is 12.9. The highest BCUT2D eigenvalue weighted by Crippen LogP contribution is 2.41. The Labute approximate surface area is 159 Å². The van der Waals surface area contributed by atoms with Crippen LogP contribution in [0, 0.1) is 5.92 Å². The van der Waals surface area contributed by atoms with Crippen LogP contribution < -0.4 is 5.32 Å². The molecule has 1 saturated heterocycles. The molecule has 1 N–H and O–H groups in total. The summed E-state index contributed by atoms with van der Waals surface area (Å²) < 4.78 is 0. The van der Waals surface area contributed by atoms with Crippen LogP contribution in [0.1, 0.15) is 30.4 Å². The second-order valence-electron chi connectivity index (χ2n) is 7.27. The normalized spacial score (nSPS) is 22.4. The average molecular weight is 360 g/mol. The third-order valence-corrected chi connectivity index (χ3v) is 5.56. The van der Waals surface area contributed by atoms with Gasteiger partial charge >= 0.3 is 0 Å². The maximum atomic E-state index is 12.9. The average Bonchev–Trinajstić information content (AvgIpc) is 3.15. The minimum Gasteiger partial charge on any atom is -0.350 e. The standard InChI is InChI=1S/C23H24N2O2/c26-22(24-16-18-10-5-2-6-11-18)21(15-14-17-8-3-1-4-9-17)25-20-13-7-12-19(20)23(25)27/h1-6,8-11,14-15,19-21H,7,12-13,16H2,(H,24,26)/b15-14+/t19-,20+,21?/m1/s1. The Balaban J connectivity index is 1.51. The maximum Gasteiger partial charge on any atom is 0.247 e. The molecule has 2 fully saturated rings. The molecule has 138 valence electrons.